The van der Waals surface area contributed by atoms with Gasteiger partial charge in [0.25, 0.3) is 5.91 Å². The molecular weight excluding hydrogens is 857 g/mol. The highest BCUT2D eigenvalue weighted by atomic mass is 16.5. The van der Waals surface area contributed by atoms with Crippen LogP contribution in [0.5, 0.6) is 11.5 Å². The summed E-state index contributed by atoms with van der Waals surface area (Å²) in [6.45, 7) is 11.2. The maximum Gasteiger partial charge on any atom is 0.255 e. The zero-order valence-corrected chi connectivity index (χ0v) is 38.9. The number of phenols is 1. The zero-order chi connectivity index (χ0) is 49.2. The van der Waals surface area contributed by atoms with Crippen LogP contribution in [-0.4, -0.2) is 107 Å². The molecule has 0 radical (unpaired) electrons. The molecule has 3 aromatic carbocycles. The van der Waals surface area contributed by atoms with Crippen LogP contribution < -0.4 is 43.2 Å². The van der Waals surface area contributed by atoms with Crippen LogP contribution in [0, 0.1) is 25.2 Å². The van der Waals surface area contributed by atoms with E-state index in [0.717, 1.165) is 16.0 Å². The van der Waals surface area contributed by atoms with Crippen molar-refractivity contribution in [2.75, 3.05) is 33.3 Å². The number of aromatic hydroxyl groups is 1. The van der Waals surface area contributed by atoms with Gasteiger partial charge in [-0.3, -0.25) is 29.0 Å². The Bertz CT molecular complexity index is 2540. The van der Waals surface area contributed by atoms with Gasteiger partial charge in [0.1, 0.15) is 42.2 Å². The highest BCUT2D eigenvalue weighted by Gasteiger charge is 2.36. The number of aliphatic imine (C=N–C) groups is 1. The van der Waals surface area contributed by atoms with E-state index in [1.54, 1.807) is 44.2 Å². The molecule has 4 bridgehead atoms. The van der Waals surface area contributed by atoms with Gasteiger partial charge in [-0.25, -0.2) is 9.97 Å². The Kier molecular flexibility index (Phi) is 16.6. The highest BCUT2D eigenvalue weighted by Crippen LogP contribution is 2.40. The summed E-state index contributed by atoms with van der Waals surface area (Å²) in [6, 6.07) is 14.0. The number of aryl methyl sites for hydroxylation is 2. The van der Waals surface area contributed by atoms with Crippen LogP contribution in [0.15, 0.2) is 65.7 Å². The summed E-state index contributed by atoms with van der Waals surface area (Å²) in [5.41, 5.74) is 21.1. The van der Waals surface area contributed by atoms with Gasteiger partial charge in [0, 0.05) is 43.1 Å². The number of hydrogen-bond donors (Lipinski definition) is 8. The fourth-order valence-electron chi connectivity index (χ4n) is 7.66. The van der Waals surface area contributed by atoms with Crippen molar-refractivity contribution in [2.45, 2.75) is 90.4 Å². The molecule has 1 aromatic heterocycles. The lowest BCUT2D eigenvalue weighted by molar-refractivity contribution is -0.141. The molecule has 5 amide bonds. The predicted molar refractivity (Wildman–Crippen MR) is 252 cm³/mol. The summed E-state index contributed by atoms with van der Waals surface area (Å²) in [6.07, 6.45) is 0.340. The van der Waals surface area contributed by atoms with Crippen molar-refractivity contribution in [1.29, 1.82) is 5.26 Å². The van der Waals surface area contributed by atoms with E-state index in [2.05, 4.69) is 57.0 Å². The van der Waals surface area contributed by atoms with Crippen LogP contribution in [-0.2, 0) is 31.0 Å². The minimum absolute atomic E-state index is 0.0192. The lowest BCUT2D eigenvalue weighted by atomic mass is 9.86. The van der Waals surface area contributed by atoms with Gasteiger partial charge in [0.05, 0.1) is 29.6 Å². The summed E-state index contributed by atoms with van der Waals surface area (Å²) >= 11 is 0. The first-order valence-electron chi connectivity index (χ1n) is 21.9. The van der Waals surface area contributed by atoms with Gasteiger partial charge >= 0.3 is 0 Å². The van der Waals surface area contributed by atoms with E-state index in [1.165, 1.54) is 20.0 Å². The van der Waals surface area contributed by atoms with E-state index < -0.39 is 53.7 Å². The number of fused-ring (bicyclic) bond motifs is 5. The second kappa shape index (κ2) is 22.1. The molecule has 4 atom stereocenters. The molecule has 4 aromatic rings. The molecule has 19 heteroatoms. The molecule has 5 rings (SSSR count). The van der Waals surface area contributed by atoms with E-state index >= 15 is 0 Å². The molecule has 11 N–H and O–H groups in total. The summed E-state index contributed by atoms with van der Waals surface area (Å²) in [7, 11) is 1.39. The molecule has 67 heavy (non-hydrogen) atoms. The third-order valence-corrected chi connectivity index (χ3v) is 11.2. The molecule has 19 nitrogen and oxygen atoms in total. The van der Waals surface area contributed by atoms with Gasteiger partial charge < -0.3 is 53.2 Å². The quantitative estimate of drug-likeness (QED) is 0.0390. The minimum Gasteiger partial charge on any atom is -0.507 e. The number of rotatable bonds is 14. The van der Waals surface area contributed by atoms with Gasteiger partial charge in [0.2, 0.25) is 23.6 Å². The van der Waals surface area contributed by atoms with Gasteiger partial charge in [-0.1, -0.05) is 57.2 Å². The van der Waals surface area contributed by atoms with Crippen molar-refractivity contribution < 1.29 is 33.8 Å². The summed E-state index contributed by atoms with van der Waals surface area (Å²) < 4.78 is 6.18. The molecule has 0 unspecified atom stereocenters. The Morgan fingerprint density at radius 2 is 1.69 bits per heavy atom. The standard InChI is InChI=1S/C48H60N12O7/c1-26-39(27(2)56-41(55-26)30-10-13-32(14-11-30)48(4,5)6)44(64)58-35(17-18-49)46(66)60(7)40-31-12-16-38(67-22-8-20-54-47(51)52)34(25-31)33-23-29(9-15-37(33)61)24-36(43(63)53-21-19-50)59-42(62)28(3)57-45(40)65/h9-16,23,25,28,35-36,40,61H,8,17-18,20-22,24,49H2,1-7H3,(H,53,63)(H,57,65)(H,58,64)(H,59,62)(H4,51,52,54)/t28-,35-,36-,40-/m0/s1. The van der Waals surface area contributed by atoms with Crippen molar-refractivity contribution in [3.8, 4) is 40.1 Å². The van der Waals surface area contributed by atoms with E-state index in [0.29, 0.717) is 40.5 Å². The van der Waals surface area contributed by atoms with E-state index in [9.17, 15) is 29.1 Å². The first-order chi connectivity index (χ1) is 31.7. The Labute approximate surface area is 390 Å². The first kappa shape index (κ1) is 50.4. The number of carbonyl (C=O) groups excluding carboxylic acids is 5. The van der Waals surface area contributed by atoms with E-state index in [4.69, 9.17) is 27.2 Å². The summed E-state index contributed by atoms with van der Waals surface area (Å²) in [5.74, 6) is -3.02. The average Bonchev–Trinajstić information content (AvgIpc) is 3.27. The number of nitrogens with one attached hydrogen (secondary N) is 4. The molecule has 0 fully saturated rings. The lowest BCUT2D eigenvalue weighted by Gasteiger charge is -2.32. The number of phenolic OH excluding ortho intramolecular Hbond substituents is 1. The van der Waals surface area contributed by atoms with Crippen LogP contribution in [0.25, 0.3) is 22.5 Å². The number of ether oxygens (including phenoxy) is 1. The predicted octanol–water partition coefficient (Wildman–Crippen LogP) is 2.31. The largest absolute Gasteiger partial charge is 0.507 e. The third-order valence-electron chi connectivity index (χ3n) is 11.2. The molecule has 0 spiro atoms. The molecule has 0 saturated heterocycles. The number of nitrogens with zero attached hydrogens (tertiary/aromatic N) is 5. The lowest BCUT2D eigenvalue weighted by Crippen LogP contribution is -2.56. The maximum atomic E-state index is 14.7. The van der Waals surface area contributed by atoms with Crippen LogP contribution >= 0.6 is 0 Å². The zero-order valence-electron chi connectivity index (χ0n) is 38.9. The van der Waals surface area contributed by atoms with Crippen LogP contribution in [0.4, 0.5) is 0 Å². The highest BCUT2D eigenvalue weighted by molar-refractivity contribution is 6.00. The van der Waals surface area contributed by atoms with Crippen molar-refractivity contribution in [3.63, 3.8) is 0 Å². The van der Waals surface area contributed by atoms with Crippen molar-refractivity contribution in [2.24, 2.45) is 22.2 Å². The van der Waals surface area contributed by atoms with Gasteiger partial charge in [0.15, 0.2) is 11.8 Å². The van der Waals surface area contributed by atoms with Crippen molar-refractivity contribution >= 4 is 35.5 Å². The molecule has 354 valence electrons. The Balaban J connectivity index is 1.55. The summed E-state index contributed by atoms with van der Waals surface area (Å²) in [4.78, 5) is 84.8. The molecule has 2 heterocycles. The number of amides is 5. The van der Waals surface area contributed by atoms with Gasteiger partial charge in [-0.15, -0.1) is 0 Å². The number of benzene rings is 3. The molecule has 0 aliphatic carbocycles. The van der Waals surface area contributed by atoms with E-state index in [1.807, 2.05) is 30.3 Å². The third kappa shape index (κ3) is 12.6. The molecule has 1 aliphatic heterocycles. The minimum atomic E-state index is -1.45. The SMILES string of the molecule is Cc1nc(-c2ccc(C(C)(C)C)cc2)nc(C)c1C(=O)N[C@@H](CCN)C(=O)N(C)[C@@H]1C(=O)N[C@@H](C)C(=O)N[C@H](C(=O)NCC#N)Cc2ccc(O)c(c2)-c2cc1ccc2OCCCN=C(N)N. The first-order valence-corrected chi connectivity index (χ1v) is 21.9. The van der Waals surface area contributed by atoms with Crippen LogP contribution in [0.1, 0.15) is 85.0 Å². The summed E-state index contributed by atoms with van der Waals surface area (Å²) in [5, 5.41) is 31.1. The Morgan fingerprint density at radius 3 is 2.31 bits per heavy atom. The van der Waals surface area contributed by atoms with E-state index in [-0.39, 0.29) is 72.9 Å². The number of carbonyl (C=O) groups is 5. The van der Waals surface area contributed by atoms with Crippen molar-refractivity contribution in [3.05, 3.63) is 94.3 Å². The monoisotopic (exact) mass is 916 g/mol. The fourth-order valence-corrected chi connectivity index (χ4v) is 7.66. The molecule has 1 aliphatic rings. The van der Waals surface area contributed by atoms with Crippen LogP contribution in [0.2, 0.25) is 0 Å². The molecular formula is C48H60N12O7. The second-order valence-electron chi connectivity index (χ2n) is 17.4. The van der Waals surface area contributed by atoms with Gasteiger partial charge in [-0.05, 0) is 80.1 Å². The Morgan fingerprint density at radius 1 is 1.00 bits per heavy atom. The van der Waals surface area contributed by atoms with Gasteiger partial charge in [-0.2, -0.15) is 5.26 Å². The molecule has 0 saturated carbocycles. The number of aromatic nitrogens is 2. The topological polar surface area (TPSA) is 306 Å². The number of likely N-dealkylation sites (N-methyl/N-ethyl adjacent to an activating group) is 1. The average molecular weight is 917 g/mol. The maximum absolute atomic E-state index is 14.7. The normalized spacial score (nSPS) is 16.5. The smallest absolute Gasteiger partial charge is 0.255 e. The Hall–Kier alpha value is -7.59. The van der Waals surface area contributed by atoms with Crippen LogP contribution in [0.3, 0.4) is 0 Å². The number of nitrogens with two attached hydrogens (primary N) is 3. The number of nitriles is 1. The second-order valence-corrected chi connectivity index (χ2v) is 17.4. The van der Waals surface area contributed by atoms with Crippen molar-refractivity contribution in [1.82, 2.24) is 36.1 Å². The number of hydrogen-bond acceptors (Lipinski definition) is 12. The fraction of sp³-hybridized carbons (Fsp3) is 0.396. The number of guanidine groups is 1.